The first kappa shape index (κ1) is 23.5. The zero-order valence-corrected chi connectivity index (χ0v) is 21.3. The molecule has 180 valence electrons. The van der Waals surface area contributed by atoms with Gasteiger partial charge in [-0.05, 0) is 31.9 Å². The van der Waals surface area contributed by atoms with Gasteiger partial charge in [-0.1, -0.05) is 60.7 Å². The molecule has 0 spiro atoms. The van der Waals surface area contributed by atoms with Crippen LogP contribution in [0.2, 0.25) is 0 Å². The van der Waals surface area contributed by atoms with Crippen LogP contribution in [0.4, 0.5) is 0 Å². The highest BCUT2D eigenvalue weighted by Gasteiger charge is 2.31. The van der Waals surface area contributed by atoms with E-state index in [4.69, 9.17) is 10.1 Å². The van der Waals surface area contributed by atoms with Crippen LogP contribution < -0.4 is 0 Å². The molecule has 2 aromatic heterocycles. The van der Waals surface area contributed by atoms with Gasteiger partial charge in [-0.15, -0.1) is 11.3 Å². The number of hydrogen-bond acceptors (Lipinski definition) is 5. The average Bonchev–Trinajstić information content (AvgIpc) is 3.49. The van der Waals surface area contributed by atoms with Gasteiger partial charge in [0, 0.05) is 42.3 Å². The van der Waals surface area contributed by atoms with E-state index in [0.717, 1.165) is 47.6 Å². The Kier molecular flexibility index (Phi) is 6.79. The Morgan fingerprint density at radius 2 is 1.77 bits per heavy atom. The molecule has 1 aliphatic rings. The van der Waals surface area contributed by atoms with Crippen LogP contribution in [0, 0.1) is 0 Å². The molecular weight excluding hydrogens is 454 g/mol. The topological polar surface area (TPSA) is 54.3 Å². The Labute approximate surface area is 210 Å². The van der Waals surface area contributed by atoms with Crippen LogP contribution in [0.5, 0.6) is 0 Å². The van der Waals surface area contributed by atoms with E-state index in [0.29, 0.717) is 18.3 Å². The fraction of sp³-hybridized carbons (Fsp3) is 0.321. The van der Waals surface area contributed by atoms with Crippen molar-refractivity contribution in [3.8, 4) is 11.3 Å². The van der Waals surface area contributed by atoms with E-state index in [9.17, 15) is 4.79 Å². The first-order valence-electron chi connectivity index (χ1n) is 12.0. The maximum absolute atomic E-state index is 13.0. The average molecular weight is 486 g/mol. The number of nitrogens with zero attached hydrogens (tertiary/aromatic N) is 5. The van der Waals surface area contributed by atoms with Crippen molar-refractivity contribution in [3.63, 3.8) is 0 Å². The largest absolute Gasteiger partial charge is 0.343 e. The summed E-state index contributed by atoms with van der Waals surface area (Å²) in [6.45, 7) is 1.48. The molecule has 5 rings (SSSR count). The highest BCUT2D eigenvalue weighted by Crippen LogP contribution is 2.30. The van der Waals surface area contributed by atoms with E-state index in [2.05, 4.69) is 41.6 Å². The summed E-state index contributed by atoms with van der Waals surface area (Å²) in [5.74, 6) is -0.0243. The lowest BCUT2D eigenvalue weighted by Gasteiger charge is -2.31. The smallest absolute Gasteiger partial charge is 0.274 e. The molecule has 1 atom stereocenters. The molecule has 0 saturated carbocycles. The summed E-state index contributed by atoms with van der Waals surface area (Å²) in [5.41, 5.74) is 6.28. The predicted octanol–water partition coefficient (Wildman–Crippen LogP) is 4.75. The van der Waals surface area contributed by atoms with Gasteiger partial charge in [-0.25, -0.2) is 4.98 Å². The number of carbonyl (C=O) groups excluding carboxylic acids is 1. The van der Waals surface area contributed by atoms with Crippen LogP contribution in [-0.2, 0) is 25.9 Å². The van der Waals surface area contributed by atoms with Crippen molar-refractivity contribution in [2.45, 2.75) is 38.4 Å². The minimum absolute atomic E-state index is 0.0243. The molecule has 0 fully saturated rings. The lowest BCUT2D eigenvalue weighted by molar-refractivity contribution is 0.0819. The number of aromatic nitrogens is 3. The molecule has 2 aromatic carbocycles. The first-order valence-corrected chi connectivity index (χ1v) is 12.9. The molecular formula is C28H31N5OS. The van der Waals surface area contributed by atoms with Crippen LogP contribution in [0.1, 0.15) is 38.7 Å². The van der Waals surface area contributed by atoms with Crippen LogP contribution in [0.15, 0.2) is 66.0 Å². The standard InChI is InChI=1S/C28H31N5OS/c1-31(2)28(34)27-23-16-22(14-15-25(23)33(30-27)17-20-10-6-4-7-11-20)32(3)18-26-29-24(19-35-26)21-12-8-5-9-13-21/h4-13,19,22H,14-18H2,1-3H3. The van der Waals surface area contributed by atoms with E-state index in [1.54, 1.807) is 30.3 Å². The van der Waals surface area contributed by atoms with Crippen LogP contribution >= 0.6 is 11.3 Å². The summed E-state index contributed by atoms with van der Waals surface area (Å²) in [6, 6.07) is 21.0. The summed E-state index contributed by atoms with van der Waals surface area (Å²) >= 11 is 1.71. The second-order valence-electron chi connectivity index (χ2n) is 9.42. The van der Waals surface area contributed by atoms with Crippen LogP contribution in [0.25, 0.3) is 11.3 Å². The monoisotopic (exact) mass is 485 g/mol. The number of carbonyl (C=O) groups is 1. The Morgan fingerprint density at radius 3 is 2.49 bits per heavy atom. The molecule has 1 aliphatic carbocycles. The predicted molar refractivity (Wildman–Crippen MR) is 141 cm³/mol. The second kappa shape index (κ2) is 10.1. The minimum Gasteiger partial charge on any atom is -0.343 e. The second-order valence-corrected chi connectivity index (χ2v) is 10.4. The fourth-order valence-electron chi connectivity index (χ4n) is 4.78. The van der Waals surface area contributed by atoms with Gasteiger partial charge in [0.2, 0.25) is 0 Å². The zero-order valence-electron chi connectivity index (χ0n) is 20.5. The Morgan fingerprint density at radius 1 is 1.06 bits per heavy atom. The Balaban J connectivity index is 1.35. The van der Waals surface area contributed by atoms with Crippen molar-refractivity contribution >= 4 is 17.2 Å². The van der Waals surface area contributed by atoms with Crippen molar-refractivity contribution in [1.29, 1.82) is 0 Å². The quantitative estimate of drug-likeness (QED) is 0.379. The van der Waals surface area contributed by atoms with Gasteiger partial charge in [0.25, 0.3) is 5.91 Å². The SMILES string of the molecule is CN(C)C(=O)c1nn(Cc2ccccc2)c2c1CC(N(C)Cc1nc(-c3ccccc3)cs1)CC2. The third-order valence-electron chi connectivity index (χ3n) is 6.73. The maximum Gasteiger partial charge on any atom is 0.274 e. The molecule has 4 aromatic rings. The van der Waals surface area contributed by atoms with Gasteiger partial charge in [0.15, 0.2) is 5.69 Å². The fourth-order valence-corrected chi connectivity index (χ4v) is 5.65. The molecule has 7 heteroatoms. The highest BCUT2D eigenvalue weighted by molar-refractivity contribution is 7.09. The molecule has 2 heterocycles. The molecule has 1 unspecified atom stereocenters. The van der Waals surface area contributed by atoms with E-state index in [1.807, 2.05) is 41.1 Å². The van der Waals surface area contributed by atoms with E-state index in [-0.39, 0.29) is 5.91 Å². The van der Waals surface area contributed by atoms with Crippen molar-refractivity contribution < 1.29 is 4.79 Å². The summed E-state index contributed by atoms with van der Waals surface area (Å²) in [6.07, 6.45) is 2.78. The number of fused-ring (bicyclic) bond motifs is 1. The number of likely N-dealkylation sites (N-methyl/N-ethyl adjacent to an activating group) is 1. The summed E-state index contributed by atoms with van der Waals surface area (Å²) in [5, 5.41) is 8.07. The molecule has 1 amide bonds. The van der Waals surface area contributed by atoms with Gasteiger partial charge in [-0.3, -0.25) is 14.4 Å². The highest BCUT2D eigenvalue weighted by atomic mass is 32.1. The Hall–Kier alpha value is -3.29. The lowest BCUT2D eigenvalue weighted by Crippen LogP contribution is -2.37. The van der Waals surface area contributed by atoms with Gasteiger partial charge in [0.1, 0.15) is 5.01 Å². The molecule has 6 nitrogen and oxygen atoms in total. The third-order valence-corrected chi connectivity index (χ3v) is 7.57. The number of benzene rings is 2. The van der Waals surface area contributed by atoms with E-state index in [1.165, 1.54) is 11.3 Å². The molecule has 0 aliphatic heterocycles. The third kappa shape index (κ3) is 5.06. The lowest BCUT2D eigenvalue weighted by atomic mass is 9.90. The summed E-state index contributed by atoms with van der Waals surface area (Å²) in [7, 11) is 5.76. The van der Waals surface area contributed by atoms with E-state index < -0.39 is 0 Å². The molecule has 0 saturated heterocycles. The van der Waals surface area contributed by atoms with Crippen LogP contribution in [-0.4, -0.2) is 57.7 Å². The minimum atomic E-state index is -0.0243. The first-order chi connectivity index (χ1) is 17.0. The number of amides is 1. The molecule has 0 N–H and O–H groups in total. The Bertz CT molecular complexity index is 1300. The van der Waals surface area contributed by atoms with E-state index >= 15 is 0 Å². The van der Waals surface area contributed by atoms with Crippen molar-refractivity contribution in [2.24, 2.45) is 0 Å². The molecule has 0 radical (unpaired) electrons. The van der Waals surface area contributed by atoms with Gasteiger partial charge >= 0.3 is 0 Å². The van der Waals surface area contributed by atoms with Gasteiger partial charge in [0.05, 0.1) is 18.8 Å². The van der Waals surface area contributed by atoms with Gasteiger partial charge in [-0.2, -0.15) is 5.10 Å². The normalized spacial score (nSPS) is 15.3. The van der Waals surface area contributed by atoms with Crippen molar-refractivity contribution in [2.75, 3.05) is 21.1 Å². The molecule has 35 heavy (non-hydrogen) atoms. The summed E-state index contributed by atoms with van der Waals surface area (Å²) in [4.78, 5) is 21.9. The van der Waals surface area contributed by atoms with Crippen molar-refractivity contribution in [1.82, 2.24) is 24.6 Å². The number of rotatable bonds is 7. The summed E-state index contributed by atoms with van der Waals surface area (Å²) < 4.78 is 2.05. The maximum atomic E-state index is 13.0. The van der Waals surface area contributed by atoms with Crippen molar-refractivity contribution in [3.05, 3.63) is 93.6 Å². The number of thiazole rings is 1. The molecule has 0 bridgehead atoms. The van der Waals surface area contributed by atoms with Crippen LogP contribution in [0.3, 0.4) is 0 Å². The number of hydrogen-bond donors (Lipinski definition) is 0. The van der Waals surface area contributed by atoms with Gasteiger partial charge < -0.3 is 4.90 Å². The zero-order chi connectivity index (χ0) is 24.4.